The molecule has 0 aliphatic carbocycles. The van der Waals surface area contributed by atoms with Crippen molar-refractivity contribution < 1.29 is 20.4 Å². The number of hydrogen-bond donors (Lipinski definition) is 4. The van der Waals surface area contributed by atoms with Gasteiger partial charge in [-0.3, -0.25) is 0 Å². The molecule has 4 nitrogen and oxygen atoms in total. The Labute approximate surface area is 130 Å². The van der Waals surface area contributed by atoms with E-state index >= 15 is 0 Å². The summed E-state index contributed by atoms with van der Waals surface area (Å²) in [6, 6.07) is 0. The molecule has 21 heavy (non-hydrogen) atoms. The van der Waals surface area contributed by atoms with Gasteiger partial charge in [-0.05, 0) is 18.8 Å². The summed E-state index contributed by atoms with van der Waals surface area (Å²) in [5.74, 6) is 0.345. The monoisotopic (exact) mass is 304 g/mol. The van der Waals surface area contributed by atoms with Crippen molar-refractivity contribution in [3.05, 3.63) is 0 Å². The number of rotatable bonds is 13. The van der Waals surface area contributed by atoms with Gasteiger partial charge in [0.1, 0.15) is 12.2 Å². The highest BCUT2D eigenvalue weighted by atomic mass is 16.4. The topological polar surface area (TPSA) is 80.9 Å². The predicted molar refractivity (Wildman–Crippen MR) is 86.1 cm³/mol. The van der Waals surface area contributed by atoms with Crippen LogP contribution in [0.4, 0.5) is 0 Å². The fraction of sp³-hybridized carbons (Fsp3) is 1.00. The molecule has 0 radical (unpaired) electrons. The first-order chi connectivity index (χ1) is 9.95. The highest BCUT2D eigenvalue weighted by Gasteiger charge is 2.40. The number of hydrogen-bond acceptors (Lipinski definition) is 4. The summed E-state index contributed by atoms with van der Waals surface area (Å²) in [6.45, 7) is 5.81. The van der Waals surface area contributed by atoms with Gasteiger partial charge in [-0.2, -0.15) is 0 Å². The Morgan fingerprint density at radius 2 is 1.57 bits per heavy atom. The van der Waals surface area contributed by atoms with Crippen LogP contribution in [0.1, 0.15) is 78.6 Å². The maximum Gasteiger partial charge on any atom is 0.111 e. The van der Waals surface area contributed by atoms with Crippen molar-refractivity contribution in [3.8, 4) is 0 Å². The van der Waals surface area contributed by atoms with Crippen LogP contribution in [0.15, 0.2) is 0 Å². The van der Waals surface area contributed by atoms with Crippen LogP contribution in [0.2, 0.25) is 0 Å². The van der Waals surface area contributed by atoms with Crippen molar-refractivity contribution in [2.75, 3.05) is 6.61 Å². The van der Waals surface area contributed by atoms with Gasteiger partial charge in [0, 0.05) is 0 Å². The highest BCUT2D eigenvalue weighted by Crippen LogP contribution is 2.32. The third kappa shape index (κ3) is 7.59. The molecule has 0 amide bonds. The van der Waals surface area contributed by atoms with E-state index in [9.17, 15) is 15.3 Å². The molecule has 0 bridgehead atoms. The molecule has 0 aromatic carbocycles. The summed E-state index contributed by atoms with van der Waals surface area (Å²) in [5, 5.41) is 39.9. The molecule has 2 unspecified atom stereocenters. The zero-order valence-electron chi connectivity index (χ0n) is 14.1. The van der Waals surface area contributed by atoms with E-state index in [1.807, 2.05) is 0 Å². The lowest BCUT2D eigenvalue weighted by atomic mass is 9.78. The second kappa shape index (κ2) is 11.4. The molecule has 4 atom stereocenters. The molecule has 0 heterocycles. The first-order valence-corrected chi connectivity index (χ1v) is 8.64. The molecule has 128 valence electrons. The van der Waals surface area contributed by atoms with Crippen LogP contribution < -0.4 is 0 Å². The smallest absolute Gasteiger partial charge is 0.111 e. The summed E-state index contributed by atoms with van der Waals surface area (Å²) >= 11 is 0. The minimum Gasteiger partial charge on any atom is -0.394 e. The zero-order valence-corrected chi connectivity index (χ0v) is 14.1. The van der Waals surface area contributed by atoms with Crippen molar-refractivity contribution in [2.45, 2.75) is 96.4 Å². The van der Waals surface area contributed by atoms with Crippen LogP contribution in [-0.2, 0) is 0 Å². The Balaban J connectivity index is 4.82. The second-order valence-electron chi connectivity index (χ2n) is 6.38. The largest absolute Gasteiger partial charge is 0.394 e. The van der Waals surface area contributed by atoms with E-state index in [0.29, 0.717) is 18.8 Å². The normalized spacial score (nSPS) is 19.0. The van der Waals surface area contributed by atoms with Crippen molar-refractivity contribution in [1.29, 1.82) is 0 Å². The molecule has 0 aromatic heterocycles. The molecule has 0 aromatic rings. The van der Waals surface area contributed by atoms with Crippen molar-refractivity contribution in [3.63, 3.8) is 0 Å². The van der Waals surface area contributed by atoms with E-state index in [4.69, 9.17) is 5.11 Å². The molecule has 0 aliphatic rings. The second-order valence-corrected chi connectivity index (χ2v) is 6.38. The van der Waals surface area contributed by atoms with Crippen LogP contribution in [0.3, 0.4) is 0 Å². The van der Waals surface area contributed by atoms with Crippen LogP contribution in [-0.4, -0.2) is 44.8 Å². The van der Waals surface area contributed by atoms with Crippen molar-refractivity contribution in [1.82, 2.24) is 0 Å². The van der Waals surface area contributed by atoms with Crippen molar-refractivity contribution >= 4 is 0 Å². The average molecular weight is 304 g/mol. The highest BCUT2D eigenvalue weighted by molar-refractivity contribution is 4.92. The van der Waals surface area contributed by atoms with E-state index in [1.165, 1.54) is 0 Å². The molecule has 4 heteroatoms. The van der Waals surface area contributed by atoms with Gasteiger partial charge in [-0.15, -0.1) is 0 Å². The molecule has 0 saturated carbocycles. The zero-order chi connectivity index (χ0) is 16.3. The molecular formula is C17H36O4. The third-order valence-corrected chi connectivity index (χ3v) is 4.50. The first-order valence-electron chi connectivity index (χ1n) is 8.64. The van der Waals surface area contributed by atoms with Gasteiger partial charge >= 0.3 is 0 Å². The Hall–Kier alpha value is -0.160. The van der Waals surface area contributed by atoms with Gasteiger partial charge in [0.05, 0.1) is 12.2 Å². The fourth-order valence-electron chi connectivity index (χ4n) is 2.95. The third-order valence-electron chi connectivity index (χ3n) is 4.50. The number of aliphatic hydroxyl groups excluding tert-OH is 3. The first kappa shape index (κ1) is 20.8. The molecule has 0 aliphatic heterocycles. The standard InChI is InChI=1S/C17H36O4/c1-4-7-9-11-17(21,16(20)15(19)13-18)12-14(6-3)10-8-5-2/h14-16,18-21H,4-13H2,1-3H3/t14?,15-,16-,17?/m1/s1. The Morgan fingerprint density at radius 3 is 2.05 bits per heavy atom. The fourth-order valence-corrected chi connectivity index (χ4v) is 2.95. The Kier molecular flexibility index (Phi) is 11.3. The molecular weight excluding hydrogens is 268 g/mol. The van der Waals surface area contributed by atoms with Gasteiger partial charge in [0.25, 0.3) is 0 Å². The Morgan fingerprint density at radius 1 is 0.952 bits per heavy atom. The Bertz CT molecular complexity index is 247. The molecule has 0 fully saturated rings. The molecule has 0 spiro atoms. The maximum absolute atomic E-state index is 10.9. The minimum atomic E-state index is -1.30. The lowest BCUT2D eigenvalue weighted by molar-refractivity contribution is -0.148. The number of aliphatic hydroxyl groups is 4. The van der Waals surface area contributed by atoms with E-state index in [1.54, 1.807) is 0 Å². The predicted octanol–water partition coefficient (Wildman–Crippen LogP) is 2.62. The summed E-state index contributed by atoms with van der Waals surface area (Å²) in [4.78, 5) is 0. The summed E-state index contributed by atoms with van der Waals surface area (Å²) < 4.78 is 0. The summed E-state index contributed by atoms with van der Waals surface area (Å²) in [6.07, 6.45) is 5.49. The molecule has 0 rings (SSSR count). The molecule has 4 N–H and O–H groups in total. The van der Waals surface area contributed by atoms with Gasteiger partial charge < -0.3 is 20.4 Å². The van der Waals surface area contributed by atoms with Gasteiger partial charge in [-0.1, -0.05) is 65.7 Å². The summed E-state index contributed by atoms with van der Waals surface area (Å²) in [5.41, 5.74) is -1.30. The van der Waals surface area contributed by atoms with Gasteiger partial charge in [-0.25, -0.2) is 0 Å². The van der Waals surface area contributed by atoms with Crippen LogP contribution in [0, 0.1) is 5.92 Å². The van der Waals surface area contributed by atoms with Crippen molar-refractivity contribution in [2.24, 2.45) is 5.92 Å². The lowest BCUT2D eigenvalue weighted by Crippen LogP contribution is -2.51. The quantitative estimate of drug-likeness (QED) is 0.394. The van der Waals surface area contributed by atoms with E-state index < -0.39 is 24.4 Å². The molecule has 0 saturated heterocycles. The van der Waals surface area contributed by atoms with Gasteiger partial charge in [0.2, 0.25) is 0 Å². The average Bonchev–Trinajstić information content (AvgIpc) is 2.50. The van der Waals surface area contributed by atoms with Crippen LogP contribution >= 0.6 is 0 Å². The summed E-state index contributed by atoms with van der Waals surface area (Å²) in [7, 11) is 0. The van der Waals surface area contributed by atoms with Crippen LogP contribution in [0.5, 0.6) is 0 Å². The van der Waals surface area contributed by atoms with E-state index in [0.717, 1.165) is 44.9 Å². The lowest BCUT2D eigenvalue weighted by Gasteiger charge is -2.38. The van der Waals surface area contributed by atoms with Gasteiger partial charge in [0.15, 0.2) is 0 Å². The maximum atomic E-state index is 10.9. The minimum absolute atomic E-state index is 0.345. The van der Waals surface area contributed by atoms with E-state index in [-0.39, 0.29) is 0 Å². The van der Waals surface area contributed by atoms with E-state index in [2.05, 4.69) is 20.8 Å². The SMILES string of the molecule is CCCCCC(O)(CC(CC)CCCC)[C@H](O)[C@H](O)CO. The number of unbranched alkanes of at least 4 members (excludes halogenated alkanes) is 3. The van der Waals surface area contributed by atoms with Crippen LogP contribution in [0.25, 0.3) is 0 Å².